The van der Waals surface area contributed by atoms with Gasteiger partial charge in [-0.25, -0.2) is 9.59 Å². The van der Waals surface area contributed by atoms with Gasteiger partial charge in [0.05, 0.1) is 11.3 Å². The minimum absolute atomic E-state index is 0.0686. The molecule has 0 unspecified atom stereocenters. The smallest absolute Gasteiger partial charge is 0.337 e. The van der Waals surface area contributed by atoms with Crippen LogP contribution in [0.25, 0.3) is 0 Å². The number of benzene rings is 1. The number of nitrogens with one attached hydrogen (secondary N) is 2. The molecule has 7 nitrogen and oxygen atoms in total. The van der Waals surface area contributed by atoms with E-state index in [-0.39, 0.29) is 17.2 Å². The first-order valence-electron chi connectivity index (χ1n) is 4.61. The third-order valence-electron chi connectivity index (χ3n) is 1.83. The van der Waals surface area contributed by atoms with E-state index < -0.39 is 12.0 Å². The summed E-state index contributed by atoms with van der Waals surface area (Å²) >= 11 is 0. The Morgan fingerprint density at radius 2 is 1.88 bits per heavy atom. The Morgan fingerprint density at radius 1 is 1.24 bits per heavy atom. The van der Waals surface area contributed by atoms with E-state index in [9.17, 15) is 14.4 Å². The molecule has 90 valence electrons. The van der Waals surface area contributed by atoms with Crippen LogP contribution in [0.5, 0.6) is 0 Å². The van der Waals surface area contributed by atoms with E-state index in [0.29, 0.717) is 5.69 Å². The first-order chi connectivity index (χ1) is 7.90. The SMILES string of the molecule is CC(=O)Nc1ccc(NC(N)=O)c(C(=O)O)c1. The molecule has 0 atom stereocenters. The fourth-order valence-electron chi connectivity index (χ4n) is 1.24. The summed E-state index contributed by atoms with van der Waals surface area (Å²) < 4.78 is 0. The van der Waals surface area contributed by atoms with Gasteiger partial charge in [-0.1, -0.05) is 0 Å². The molecule has 0 saturated carbocycles. The van der Waals surface area contributed by atoms with Crippen LogP contribution < -0.4 is 16.4 Å². The molecule has 1 aromatic rings. The Bertz CT molecular complexity index is 484. The number of carboxylic acid groups (broad SMARTS) is 1. The van der Waals surface area contributed by atoms with Gasteiger partial charge in [-0.3, -0.25) is 4.79 Å². The molecule has 0 spiro atoms. The molecular formula is C10H11N3O4. The highest BCUT2D eigenvalue weighted by Crippen LogP contribution is 2.20. The molecule has 0 aliphatic rings. The summed E-state index contributed by atoms with van der Waals surface area (Å²) in [5.74, 6) is -1.56. The zero-order valence-corrected chi connectivity index (χ0v) is 8.98. The lowest BCUT2D eigenvalue weighted by molar-refractivity contribution is -0.114. The predicted octanol–water partition coefficient (Wildman–Crippen LogP) is 0.834. The van der Waals surface area contributed by atoms with E-state index in [1.807, 2.05) is 0 Å². The van der Waals surface area contributed by atoms with Crippen LogP contribution in [0.3, 0.4) is 0 Å². The van der Waals surface area contributed by atoms with E-state index in [1.165, 1.54) is 25.1 Å². The number of nitrogens with two attached hydrogens (primary N) is 1. The molecular weight excluding hydrogens is 226 g/mol. The van der Waals surface area contributed by atoms with Crippen molar-refractivity contribution in [3.63, 3.8) is 0 Å². The number of amides is 3. The summed E-state index contributed by atoms with van der Waals surface area (Å²) in [7, 11) is 0. The lowest BCUT2D eigenvalue weighted by atomic mass is 10.1. The maximum Gasteiger partial charge on any atom is 0.337 e. The maximum atomic E-state index is 10.9. The lowest BCUT2D eigenvalue weighted by Gasteiger charge is -2.09. The van der Waals surface area contributed by atoms with Gasteiger partial charge in [-0.2, -0.15) is 0 Å². The van der Waals surface area contributed by atoms with Crippen molar-refractivity contribution in [1.29, 1.82) is 0 Å². The molecule has 7 heteroatoms. The Kier molecular flexibility index (Phi) is 3.66. The second kappa shape index (κ2) is 4.97. The highest BCUT2D eigenvalue weighted by molar-refractivity contribution is 6.01. The van der Waals surface area contributed by atoms with E-state index in [1.54, 1.807) is 0 Å². The van der Waals surface area contributed by atoms with E-state index in [4.69, 9.17) is 10.8 Å². The third-order valence-corrected chi connectivity index (χ3v) is 1.83. The van der Waals surface area contributed by atoms with Crippen LogP contribution in [0, 0.1) is 0 Å². The number of anilines is 2. The van der Waals surface area contributed by atoms with Crippen molar-refractivity contribution in [2.75, 3.05) is 10.6 Å². The average molecular weight is 237 g/mol. The van der Waals surface area contributed by atoms with Crippen LogP contribution in [0.4, 0.5) is 16.2 Å². The largest absolute Gasteiger partial charge is 0.478 e. The van der Waals surface area contributed by atoms with E-state index >= 15 is 0 Å². The number of rotatable bonds is 3. The van der Waals surface area contributed by atoms with Gasteiger partial charge >= 0.3 is 12.0 Å². The van der Waals surface area contributed by atoms with Crippen molar-refractivity contribution in [3.8, 4) is 0 Å². The molecule has 0 bridgehead atoms. The second-order valence-electron chi connectivity index (χ2n) is 3.24. The number of carbonyl (C=O) groups excluding carboxylic acids is 2. The van der Waals surface area contributed by atoms with Crippen molar-refractivity contribution in [3.05, 3.63) is 23.8 Å². The minimum atomic E-state index is -1.24. The van der Waals surface area contributed by atoms with Crippen LogP contribution in [0.1, 0.15) is 17.3 Å². The molecule has 5 N–H and O–H groups in total. The molecule has 0 saturated heterocycles. The number of hydrogen-bond donors (Lipinski definition) is 4. The second-order valence-corrected chi connectivity index (χ2v) is 3.24. The summed E-state index contributed by atoms with van der Waals surface area (Å²) in [5.41, 5.74) is 5.13. The summed E-state index contributed by atoms with van der Waals surface area (Å²) in [5, 5.41) is 13.5. The number of urea groups is 1. The summed E-state index contributed by atoms with van der Waals surface area (Å²) in [4.78, 5) is 32.4. The topological polar surface area (TPSA) is 122 Å². The molecule has 0 aromatic heterocycles. The molecule has 1 rings (SSSR count). The average Bonchev–Trinajstić information content (AvgIpc) is 2.18. The highest BCUT2D eigenvalue weighted by atomic mass is 16.4. The van der Waals surface area contributed by atoms with E-state index in [0.717, 1.165) is 0 Å². The Labute approximate surface area is 96.6 Å². The Morgan fingerprint density at radius 3 is 2.35 bits per heavy atom. The number of carbonyl (C=O) groups is 3. The van der Waals surface area contributed by atoms with Gasteiger partial charge in [0.2, 0.25) is 5.91 Å². The zero-order chi connectivity index (χ0) is 13.0. The number of carboxylic acids is 1. The highest BCUT2D eigenvalue weighted by Gasteiger charge is 2.12. The normalized spacial score (nSPS) is 9.47. The summed E-state index contributed by atoms with van der Waals surface area (Å²) in [6.07, 6.45) is 0. The number of primary amides is 1. The standard InChI is InChI=1S/C10H11N3O4/c1-5(14)12-6-2-3-8(13-10(11)17)7(4-6)9(15)16/h2-4H,1H3,(H,12,14)(H,15,16)(H3,11,13,17). The summed E-state index contributed by atoms with van der Waals surface area (Å²) in [6, 6.07) is 3.17. The van der Waals surface area contributed by atoms with Gasteiger partial charge < -0.3 is 21.5 Å². The van der Waals surface area contributed by atoms with Crippen molar-refractivity contribution >= 4 is 29.3 Å². The van der Waals surface area contributed by atoms with Crippen LogP contribution in [-0.4, -0.2) is 23.0 Å². The Hall–Kier alpha value is -2.57. The molecule has 0 heterocycles. The molecule has 0 aliphatic heterocycles. The van der Waals surface area contributed by atoms with Gasteiger partial charge in [0.25, 0.3) is 0 Å². The van der Waals surface area contributed by atoms with Gasteiger partial charge in [0.15, 0.2) is 0 Å². The fourth-order valence-corrected chi connectivity index (χ4v) is 1.24. The first-order valence-corrected chi connectivity index (χ1v) is 4.61. The van der Waals surface area contributed by atoms with Gasteiger partial charge in [-0.05, 0) is 18.2 Å². The van der Waals surface area contributed by atoms with Crippen LogP contribution in [0.2, 0.25) is 0 Å². The zero-order valence-electron chi connectivity index (χ0n) is 8.98. The molecule has 0 fully saturated rings. The summed E-state index contributed by atoms with van der Waals surface area (Å²) in [6.45, 7) is 1.30. The van der Waals surface area contributed by atoms with Gasteiger partial charge in [-0.15, -0.1) is 0 Å². The van der Waals surface area contributed by atoms with Crippen LogP contribution >= 0.6 is 0 Å². The first kappa shape index (κ1) is 12.5. The van der Waals surface area contributed by atoms with Crippen molar-refractivity contribution in [2.24, 2.45) is 5.73 Å². The lowest BCUT2D eigenvalue weighted by Crippen LogP contribution is -2.21. The molecule has 17 heavy (non-hydrogen) atoms. The van der Waals surface area contributed by atoms with Crippen molar-refractivity contribution in [2.45, 2.75) is 6.92 Å². The number of aromatic carboxylic acids is 1. The van der Waals surface area contributed by atoms with Gasteiger partial charge in [0.1, 0.15) is 0 Å². The quantitative estimate of drug-likeness (QED) is 0.622. The minimum Gasteiger partial charge on any atom is -0.478 e. The van der Waals surface area contributed by atoms with Crippen LogP contribution in [-0.2, 0) is 4.79 Å². The maximum absolute atomic E-state index is 10.9. The third kappa shape index (κ3) is 3.49. The van der Waals surface area contributed by atoms with Crippen molar-refractivity contribution in [1.82, 2.24) is 0 Å². The van der Waals surface area contributed by atoms with E-state index in [2.05, 4.69) is 10.6 Å². The molecule has 3 amide bonds. The van der Waals surface area contributed by atoms with Crippen LogP contribution in [0.15, 0.2) is 18.2 Å². The number of hydrogen-bond acceptors (Lipinski definition) is 3. The predicted molar refractivity (Wildman–Crippen MR) is 60.9 cm³/mol. The fraction of sp³-hybridized carbons (Fsp3) is 0.100. The van der Waals surface area contributed by atoms with Crippen molar-refractivity contribution < 1.29 is 19.5 Å². The molecule has 0 radical (unpaired) electrons. The monoisotopic (exact) mass is 237 g/mol. The molecule has 1 aromatic carbocycles. The molecule has 0 aliphatic carbocycles. The Balaban J connectivity index is 3.12. The van der Waals surface area contributed by atoms with Gasteiger partial charge in [0, 0.05) is 12.6 Å².